The predicted molar refractivity (Wildman–Crippen MR) is 74.1 cm³/mol. The minimum Gasteiger partial charge on any atom is -0.268 e. The van der Waals surface area contributed by atoms with Gasteiger partial charge < -0.3 is 0 Å². The number of para-hydroxylation sites is 1. The molecule has 0 unspecified atom stereocenters. The molecule has 4 nitrogen and oxygen atoms in total. The fourth-order valence-corrected chi connectivity index (χ4v) is 2.51. The Morgan fingerprint density at radius 1 is 1.28 bits per heavy atom. The van der Waals surface area contributed by atoms with E-state index in [4.69, 9.17) is 11.6 Å². The van der Waals surface area contributed by atoms with Gasteiger partial charge in [-0.1, -0.05) is 12.1 Å². The molecule has 3 aromatic rings. The third-order valence-electron chi connectivity index (χ3n) is 2.68. The summed E-state index contributed by atoms with van der Waals surface area (Å²) in [6, 6.07) is 7.93. The Bertz CT molecular complexity index is 719. The first-order valence-electron chi connectivity index (χ1n) is 5.29. The van der Waals surface area contributed by atoms with Crippen LogP contribution in [-0.2, 0) is 0 Å². The maximum atomic E-state index is 6.06. The lowest BCUT2D eigenvalue weighted by Crippen LogP contribution is -1.99. The summed E-state index contributed by atoms with van der Waals surface area (Å²) in [6.07, 6.45) is 1.76. The summed E-state index contributed by atoms with van der Waals surface area (Å²) in [5, 5.41) is 9.19. The first-order valence-corrected chi connectivity index (χ1v) is 6.46. The van der Waals surface area contributed by atoms with Crippen LogP contribution in [0.25, 0.3) is 16.6 Å². The van der Waals surface area contributed by atoms with Gasteiger partial charge in [0.05, 0.1) is 11.2 Å². The maximum absolute atomic E-state index is 6.06. The van der Waals surface area contributed by atoms with Gasteiger partial charge in [-0.25, -0.2) is 0 Å². The van der Waals surface area contributed by atoms with Crippen molar-refractivity contribution in [1.29, 1.82) is 0 Å². The van der Waals surface area contributed by atoms with Gasteiger partial charge in [-0.05, 0) is 46.6 Å². The van der Waals surface area contributed by atoms with Crippen molar-refractivity contribution < 1.29 is 0 Å². The monoisotopic (exact) mass is 322 g/mol. The molecule has 90 valence electrons. The van der Waals surface area contributed by atoms with Gasteiger partial charge in [-0.15, -0.1) is 10.2 Å². The number of hydrogen-bond acceptors (Lipinski definition) is 3. The number of halogens is 2. The first kappa shape index (κ1) is 11.6. The molecule has 0 spiro atoms. The highest BCUT2D eigenvalue weighted by atomic mass is 79.9. The third kappa shape index (κ3) is 1.79. The van der Waals surface area contributed by atoms with Crippen molar-refractivity contribution in [3.63, 3.8) is 0 Å². The van der Waals surface area contributed by atoms with Crippen molar-refractivity contribution in [1.82, 2.24) is 19.7 Å². The summed E-state index contributed by atoms with van der Waals surface area (Å²) in [4.78, 5) is 4.44. The minimum atomic E-state index is 0.338. The number of benzene rings is 1. The first-order chi connectivity index (χ1) is 8.66. The molecule has 0 saturated heterocycles. The molecule has 1 aromatic carbocycles. The normalized spacial score (nSPS) is 11.1. The topological polar surface area (TPSA) is 43.6 Å². The lowest BCUT2D eigenvalue weighted by atomic mass is 10.2. The standard InChI is InChI=1S/C12H8BrClN4/c1-7-16-17-12(14)18(7)10-4-2-3-8-5-9(13)6-15-11(8)10/h2-6H,1H3. The number of fused-ring (bicyclic) bond motifs is 1. The minimum absolute atomic E-state index is 0.338. The SMILES string of the molecule is Cc1nnc(Cl)n1-c1cccc2cc(Br)cnc12. The Morgan fingerprint density at radius 3 is 2.83 bits per heavy atom. The molecule has 3 rings (SSSR count). The highest BCUT2D eigenvalue weighted by molar-refractivity contribution is 9.10. The zero-order chi connectivity index (χ0) is 12.7. The van der Waals surface area contributed by atoms with Gasteiger partial charge >= 0.3 is 0 Å². The van der Waals surface area contributed by atoms with Gasteiger partial charge in [0.25, 0.3) is 0 Å². The van der Waals surface area contributed by atoms with Crippen LogP contribution >= 0.6 is 27.5 Å². The smallest absolute Gasteiger partial charge is 0.229 e. The lowest BCUT2D eigenvalue weighted by molar-refractivity contribution is 0.973. The van der Waals surface area contributed by atoms with E-state index in [1.165, 1.54) is 0 Å². The quantitative estimate of drug-likeness (QED) is 0.688. The fourth-order valence-electron chi connectivity index (χ4n) is 1.91. The second-order valence-corrected chi connectivity index (χ2v) is 5.11. The number of aryl methyl sites for hydroxylation is 1. The lowest BCUT2D eigenvalue weighted by Gasteiger charge is -2.08. The van der Waals surface area contributed by atoms with Crippen LogP contribution in [0.15, 0.2) is 34.9 Å². The summed E-state index contributed by atoms with van der Waals surface area (Å²) in [7, 11) is 0. The summed E-state index contributed by atoms with van der Waals surface area (Å²) in [5.74, 6) is 0.734. The zero-order valence-corrected chi connectivity index (χ0v) is 11.8. The summed E-state index contributed by atoms with van der Waals surface area (Å²) >= 11 is 9.48. The number of nitrogens with zero attached hydrogens (tertiary/aromatic N) is 4. The molecular weight excluding hydrogens is 316 g/mol. The summed E-state index contributed by atoms with van der Waals surface area (Å²) in [6.45, 7) is 1.86. The fraction of sp³-hybridized carbons (Fsp3) is 0.0833. The Balaban J connectivity index is 2.37. The molecule has 0 aliphatic heterocycles. The van der Waals surface area contributed by atoms with Gasteiger partial charge in [0.15, 0.2) is 0 Å². The van der Waals surface area contributed by atoms with Crippen LogP contribution in [0.2, 0.25) is 5.28 Å². The van der Waals surface area contributed by atoms with Crippen LogP contribution in [0.5, 0.6) is 0 Å². The van der Waals surface area contributed by atoms with Crippen molar-refractivity contribution in [2.75, 3.05) is 0 Å². The second kappa shape index (κ2) is 4.33. The van der Waals surface area contributed by atoms with Gasteiger partial charge in [0.1, 0.15) is 5.82 Å². The molecule has 0 radical (unpaired) electrons. The Morgan fingerprint density at radius 2 is 2.11 bits per heavy atom. The van der Waals surface area contributed by atoms with E-state index in [9.17, 15) is 0 Å². The van der Waals surface area contributed by atoms with Crippen LogP contribution in [-0.4, -0.2) is 19.7 Å². The molecule has 0 N–H and O–H groups in total. The van der Waals surface area contributed by atoms with Gasteiger partial charge in [-0.2, -0.15) is 0 Å². The summed E-state index contributed by atoms with van der Waals surface area (Å²) in [5.41, 5.74) is 1.75. The Kier molecular flexibility index (Phi) is 2.80. The van der Waals surface area contributed by atoms with Crippen molar-refractivity contribution in [3.05, 3.63) is 46.0 Å². The predicted octanol–water partition coefficient (Wildman–Crippen LogP) is 3.54. The van der Waals surface area contributed by atoms with Crippen molar-refractivity contribution in [3.8, 4) is 5.69 Å². The molecule has 0 bridgehead atoms. The summed E-state index contributed by atoms with van der Waals surface area (Å²) < 4.78 is 2.73. The third-order valence-corrected chi connectivity index (χ3v) is 3.36. The molecule has 0 saturated carbocycles. The molecule has 0 atom stereocenters. The second-order valence-electron chi connectivity index (χ2n) is 3.85. The van der Waals surface area contributed by atoms with E-state index in [-0.39, 0.29) is 0 Å². The molecule has 0 aliphatic rings. The molecule has 2 aromatic heterocycles. The average molecular weight is 324 g/mol. The molecule has 0 amide bonds. The van der Waals surface area contributed by atoms with Gasteiger partial charge in [-0.3, -0.25) is 9.55 Å². The molecular formula is C12H8BrClN4. The Hall–Kier alpha value is -1.46. The molecule has 2 heterocycles. The van der Waals surface area contributed by atoms with Crippen LogP contribution in [0.1, 0.15) is 5.82 Å². The molecule has 0 fully saturated rings. The van der Waals surface area contributed by atoms with Gasteiger partial charge in [0, 0.05) is 16.1 Å². The van der Waals surface area contributed by atoms with E-state index in [0.717, 1.165) is 26.9 Å². The van der Waals surface area contributed by atoms with Gasteiger partial charge in [0.2, 0.25) is 5.28 Å². The highest BCUT2D eigenvalue weighted by Gasteiger charge is 2.12. The average Bonchev–Trinajstić information content (AvgIpc) is 2.68. The van der Waals surface area contributed by atoms with Crippen molar-refractivity contribution in [2.45, 2.75) is 6.92 Å². The number of pyridine rings is 1. The van der Waals surface area contributed by atoms with E-state index < -0.39 is 0 Å². The van der Waals surface area contributed by atoms with Crippen molar-refractivity contribution in [2.24, 2.45) is 0 Å². The van der Waals surface area contributed by atoms with E-state index in [2.05, 4.69) is 31.1 Å². The van der Waals surface area contributed by atoms with E-state index in [1.807, 2.05) is 31.2 Å². The molecule has 0 aliphatic carbocycles. The maximum Gasteiger partial charge on any atom is 0.229 e. The Labute approximate surface area is 117 Å². The van der Waals surface area contributed by atoms with Crippen LogP contribution in [0.4, 0.5) is 0 Å². The highest BCUT2D eigenvalue weighted by Crippen LogP contribution is 2.25. The number of hydrogen-bond donors (Lipinski definition) is 0. The van der Waals surface area contributed by atoms with E-state index >= 15 is 0 Å². The number of aromatic nitrogens is 4. The zero-order valence-electron chi connectivity index (χ0n) is 9.43. The van der Waals surface area contributed by atoms with E-state index in [1.54, 1.807) is 10.8 Å². The number of rotatable bonds is 1. The largest absolute Gasteiger partial charge is 0.268 e. The molecule has 18 heavy (non-hydrogen) atoms. The van der Waals surface area contributed by atoms with E-state index in [0.29, 0.717) is 5.28 Å². The van der Waals surface area contributed by atoms with Crippen LogP contribution in [0.3, 0.4) is 0 Å². The van der Waals surface area contributed by atoms with Crippen LogP contribution < -0.4 is 0 Å². The van der Waals surface area contributed by atoms with Crippen LogP contribution in [0, 0.1) is 6.92 Å². The van der Waals surface area contributed by atoms with Crippen molar-refractivity contribution >= 4 is 38.4 Å². The molecule has 6 heteroatoms.